The van der Waals surface area contributed by atoms with Gasteiger partial charge in [0.25, 0.3) is 5.91 Å². The average Bonchev–Trinajstić information content (AvgIpc) is 3.94. The van der Waals surface area contributed by atoms with Crippen molar-refractivity contribution in [2.24, 2.45) is 0 Å². The highest BCUT2D eigenvalue weighted by atomic mass is 35.5. The molecule has 2 amide bonds. The van der Waals surface area contributed by atoms with Gasteiger partial charge in [-0.25, -0.2) is 13.1 Å². The Morgan fingerprint density at radius 2 is 1.40 bits per heavy atom. The zero-order chi connectivity index (χ0) is 59.5. The van der Waals surface area contributed by atoms with Crippen LogP contribution >= 0.6 is 11.6 Å². The second-order valence-electron chi connectivity index (χ2n) is 19.5. The maximum Gasteiger partial charge on any atom is 0.262 e. The lowest BCUT2D eigenvalue weighted by Crippen LogP contribution is -2.34. The molecule has 7 rings (SSSR count). The van der Waals surface area contributed by atoms with Gasteiger partial charge in [-0.2, -0.15) is 0 Å². The van der Waals surface area contributed by atoms with Crippen LogP contribution in [0.3, 0.4) is 0 Å². The minimum absolute atomic E-state index is 0.0234. The van der Waals surface area contributed by atoms with Crippen LogP contribution in [0.4, 0.5) is 5.69 Å². The third kappa shape index (κ3) is 17.0. The Balaban J connectivity index is 0.741. The number of hydrogen-bond acceptors (Lipinski definition) is 15. The SMILES string of the molecule is CCN(CC)c1ccc2c(c1)OC1=C[C@@H](N(CC)CC)C=CC1=C2c1ccc(S(=O)(=O)NCCOCCOCCOCCOCCC(=O)NCCCCNC(=O)Cc2c(C)n(C(=O)c3ccc(Cl)cc3)c3ccc(OC)cc23)cc1S(=O)[O-]. The van der Waals surface area contributed by atoms with E-state index in [-0.39, 0.29) is 79.4 Å². The van der Waals surface area contributed by atoms with E-state index in [0.717, 1.165) is 42.8 Å². The molecule has 1 aliphatic heterocycles. The quantitative estimate of drug-likeness (QED) is 0.0264. The summed E-state index contributed by atoms with van der Waals surface area (Å²) in [4.78, 5) is 43.2. The fraction of sp³-hybridized carbons (Fsp3) is 0.426. The number of unbranched alkanes of at least 4 members (excludes halogenated alkanes) is 1. The van der Waals surface area contributed by atoms with E-state index < -0.39 is 21.1 Å². The molecule has 2 heterocycles. The predicted octanol–water partition coefficient (Wildman–Crippen LogP) is 7.73. The van der Waals surface area contributed by atoms with E-state index in [2.05, 4.69) is 58.9 Å². The number of sulfonamides is 1. The molecule has 19 nitrogen and oxygen atoms in total. The molecular formula is C61H76ClN6O13S2-. The third-order valence-electron chi connectivity index (χ3n) is 14.4. The molecule has 22 heteroatoms. The van der Waals surface area contributed by atoms with Crippen molar-refractivity contribution in [2.45, 2.75) is 76.1 Å². The molecule has 0 radical (unpaired) electrons. The molecule has 1 unspecified atom stereocenters. The molecule has 1 aliphatic carbocycles. The first-order valence-electron chi connectivity index (χ1n) is 28.1. The van der Waals surface area contributed by atoms with Gasteiger partial charge in [0.1, 0.15) is 17.3 Å². The molecule has 4 aromatic carbocycles. The number of allylic oxidation sites excluding steroid dienone is 1. The molecule has 0 spiro atoms. The Morgan fingerprint density at radius 3 is 2.04 bits per heavy atom. The summed E-state index contributed by atoms with van der Waals surface area (Å²) >= 11 is 3.25. The van der Waals surface area contributed by atoms with Gasteiger partial charge in [-0.15, -0.1) is 0 Å². The first kappa shape index (κ1) is 64.3. The maximum absolute atomic E-state index is 13.6. The van der Waals surface area contributed by atoms with Crippen molar-refractivity contribution in [1.29, 1.82) is 0 Å². The van der Waals surface area contributed by atoms with Crippen molar-refractivity contribution in [1.82, 2.24) is 24.8 Å². The summed E-state index contributed by atoms with van der Waals surface area (Å²) in [6, 6.07) is 22.1. The van der Waals surface area contributed by atoms with Gasteiger partial charge in [-0.3, -0.25) is 28.1 Å². The van der Waals surface area contributed by atoms with Gasteiger partial charge in [0.05, 0.1) is 82.8 Å². The Bertz CT molecular complexity index is 3280. The van der Waals surface area contributed by atoms with Crippen LogP contribution in [0, 0.1) is 6.92 Å². The van der Waals surface area contributed by atoms with Crippen LogP contribution in [0.15, 0.2) is 118 Å². The topological polar surface area (TPSA) is 228 Å². The smallest absolute Gasteiger partial charge is 0.262 e. The molecule has 2 atom stereocenters. The van der Waals surface area contributed by atoms with E-state index in [1.165, 1.54) is 12.1 Å². The van der Waals surface area contributed by atoms with Crippen LogP contribution in [-0.2, 0) is 56.1 Å². The van der Waals surface area contributed by atoms with E-state index in [1.54, 1.807) is 48.1 Å². The zero-order valence-electron chi connectivity index (χ0n) is 48.1. The molecule has 5 aromatic rings. The first-order chi connectivity index (χ1) is 40.1. The first-order valence-corrected chi connectivity index (χ1v) is 31.1. The van der Waals surface area contributed by atoms with Crippen molar-refractivity contribution >= 4 is 72.6 Å². The number of carbonyl (C=O) groups is 3. The highest BCUT2D eigenvalue weighted by molar-refractivity contribution is 7.89. The molecule has 83 heavy (non-hydrogen) atoms. The van der Waals surface area contributed by atoms with Crippen molar-refractivity contribution in [3.8, 4) is 11.5 Å². The average molecular weight is 1200 g/mol. The number of benzene rings is 4. The number of nitrogens with one attached hydrogen (secondary N) is 3. The monoisotopic (exact) mass is 1200 g/mol. The van der Waals surface area contributed by atoms with Crippen LogP contribution in [0.2, 0.25) is 5.02 Å². The number of fused-ring (bicyclic) bond motifs is 3. The Hall–Kier alpha value is -6.24. The maximum atomic E-state index is 13.6. The lowest BCUT2D eigenvalue weighted by Gasteiger charge is -2.33. The minimum Gasteiger partial charge on any atom is -0.768 e. The number of likely N-dealkylation sites (N-methyl/N-ethyl adjacent to an activating group) is 1. The Labute approximate surface area is 494 Å². The summed E-state index contributed by atoms with van der Waals surface area (Å²) < 4.78 is 91.2. The van der Waals surface area contributed by atoms with E-state index in [9.17, 15) is 31.6 Å². The normalized spacial score (nSPS) is 14.3. The lowest BCUT2D eigenvalue weighted by molar-refractivity contribution is -0.122. The summed E-state index contributed by atoms with van der Waals surface area (Å²) in [5.74, 6) is 1.25. The molecule has 0 saturated carbocycles. The lowest BCUT2D eigenvalue weighted by atomic mass is 9.86. The van der Waals surface area contributed by atoms with Crippen molar-refractivity contribution < 1.29 is 60.0 Å². The van der Waals surface area contributed by atoms with Gasteiger partial charge in [0.15, 0.2) is 0 Å². The fourth-order valence-corrected chi connectivity index (χ4v) is 11.8. The van der Waals surface area contributed by atoms with Gasteiger partial charge in [-0.05, 0) is 142 Å². The number of amides is 2. The van der Waals surface area contributed by atoms with Gasteiger partial charge >= 0.3 is 0 Å². The standard InChI is InChI=1S/C61H77ClN6O13S2/c1-7-66(8-2)45-17-21-49-55(37-45)81-56-38-46(67(9-3)10-4)18-22-50(56)60(49)51-23-20-48(40-57(51)82(72)73)83(74,75)65-28-30-78-32-34-80-36-35-79-33-31-77-29-25-58(69)63-26-11-12-27-64-59(70)41-52-42(5)68(54-24-19-47(76-6)39-53(52)54)61(71)43-13-15-44(62)16-14-43/h13-24,37-40,45,65H,7-12,25-36,41H2,1-6H3,(H,63,69)(H,64,70)(H,72,73)/p-1/t45-/m0/s1. The van der Waals surface area contributed by atoms with Gasteiger partial charge in [0, 0.05) is 94.2 Å². The Morgan fingerprint density at radius 1 is 0.759 bits per heavy atom. The molecule has 0 saturated heterocycles. The number of anilines is 1. The predicted molar refractivity (Wildman–Crippen MR) is 321 cm³/mol. The number of carbonyl (C=O) groups excluding carboxylic acids is 3. The number of rotatable bonds is 34. The van der Waals surface area contributed by atoms with Crippen molar-refractivity contribution in [2.75, 3.05) is 111 Å². The van der Waals surface area contributed by atoms with E-state index in [0.29, 0.717) is 114 Å². The molecule has 0 bridgehead atoms. The summed E-state index contributed by atoms with van der Waals surface area (Å²) in [5, 5.41) is 7.11. The molecule has 0 fully saturated rings. The summed E-state index contributed by atoms with van der Waals surface area (Å²) in [6.45, 7) is 16.2. The highest BCUT2D eigenvalue weighted by Crippen LogP contribution is 2.46. The van der Waals surface area contributed by atoms with Crippen molar-refractivity contribution in [3.05, 3.63) is 141 Å². The number of aromatic nitrogens is 1. The molecule has 1 aromatic heterocycles. The summed E-state index contributed by atoms with van der Waals surface area (Å²) in [7, 11) is -2.56. The third-order valence-corrected chi connectivity index (χ3v) is 16.8. The number of ether oxygens (including phenoxy) is 6. The van der Waals surface area contributed by atoms with Crippen LogP contribution < -0.4 is 29.7 Å². The zero-order valence-corrected chi connectivity index (χ0v) is 50.5. The molecular weight excluding hydrogens is 1120 g/mol. The van der Waals surface area contributed by atoms with Crippen LogP contribution in [0.5, 0.6) is 11.5 Å². The molecule has 3 N–H and O–H groups in total. The minimum atomic E-state index is -4.12. The second kappa shape index (κ2) is 31.6. The summed E-state index contributed by atoms with van der Waals surface area (Å²) in [6.07, 6.45) is 7.65. The number of hydrogen-bond donors (Lipinski definition) is 3. The molecule has 2 aliphatic rings. The van der Waals surface area contributed by atoms with E-state index in [4.69, 9.17) is 40.0 Å². The number of nitrogens with zero attached hydrogens (tertiary/aromatic N) is 3. The fourth-order valence-electron chi connectivity index (χ4n) is 9.97. The van der Waals surface area contributed by atoms with E-state index >= 15 is 0 Å². The van der Waals surface area contributed by atoms with Crippen LogP contribution in [0.25, 0.3) is 16.5 Å². The molecule has 448 valence electrons. The number of halogens is 1. The van der Waals surface area contributed by atoms with Gasteiger partial charge in [0.2, 0.25) is 21.8 Å². The largest absolute Gasteiger partial charge is 0.768 e. The Kier molecular flexibility index (Phi) is 24.5. The van der Waals surface area contributed by atoms with Crippen molar-refractivity contribution in [3.63, 3.8) is 0 Å². The number of methoxy groups -OCH3 is 1. The summed E-state index contributed by atoms with van der Waals surface area (Å²) in [5.41, 5.74) is 5.90. The van der Waals surface area contributed by atoms with E-state index in [1.807, 2.05) is 49.4 Å². The second-order valence-corrected chi connectivity index (χ2v) is 22.6. The highest BCUT2D eigenvalue weighted by Gasteiger charge is 2.31. The van der Waals surface area contributed by atoms with Gasteiger partial charge in [-0.1, -0.05) is 43.7 Å². The van der Waals surface area contributed by atoms with Gasteiger partial charge < -0.3 is 48.5 Å². The van der Waals surface area contributed by atoms with Crippen LogP contribution in [-0.4, -0.2) is 156 Å². The van der Waals surface area contributed by atoms with Crippen LogP contribution in [0.1, 0.15) is 79.7 Å².